The van der Waals surface area contributed by atoms with Gasteiger partial charge in [-0.3, -0.25) is 5.10 Å². The van der Waals surface area contributed by atoms with Crippen molar-refractivity contribution in [3.63, 3.8) is 0 Å². The molecule has 0 radical (unpaired) electrons. The molecule has 5 nitrogen and oxygen atoms in total. The Morgan fingerprint density at radius 2 is 2.00 bits per heavy atom. The highest BCUT2D eigenvalue weighted by atomic mass is 19.1. The van der Waals surface area contributed by atoms with E-state index in [0.717, 1.165) is 16.9 Å². The second kappa shape index (κ2) is 4.90. The Labute approximate surface area is 114 Å². The van der Waals surface area contributed by atoms with Gasteiger partial charge in [0, 0.05) is 0 Å². The summed E-state index contributed by atoms with van der Waals surface area (Å²) in [4.78, 5) is 4.37. The molecular weight excluding hydrogens is 259 g/mol. The molecule has 0 aliphatic rings. The van der Waals surface area contributed by atoms with E-state index in [1.165, 1.54) is 12.1 Å². The van der Waals surface area contributed by atoms with E-state index in [9.17, 15) is 4.39 Å². The maximum absolute atomic E-state index is 12.9. The maximum Gasteiger partial charge on any atom is 0.184 e. The van der Waals surface area contributed by atoms with Crippen LogP contribution in [-0.4, -0.2) is 15.2 Å². The van der Waals surface area contributed by atoms with E-state index in [4.69, 9.17) is 10.2 Å². The number of H-pyrrole nitrogens is 1. The van der Waals surface area contributed by atoms with Crippen molar-refractivity contribution in [2.24, 2.45) is 5.73 Å². The number of rotatable bonds is 3. The summed E-state index contributed by atoms with van der Waals surface area (Å²) in [7, 11) is 0. The number of benzene rings is 1. The molecule has 0 aliphatic carbocycles. The van der Waals surface area contributed by atoms with E-state index in [2.05, 4.69) is 15.2 Å². The van der Waals surface area contributed by atoms with Gasteiger partial charge in [0.25, 0.3) is 0 Å². The van der Waals surface area contributed by atoms with E-state index in [0.29, 0.717) is 11.6 Å². The molecular formula is C14H13FN4O. The van der Waals surface area contributed by atoms with Crippen LogP contribution in [0.1, 0.15) is 23.2 Å². The van der Waals surface area contributed by atoms with Crippen LogP contribution in [0.3, 0.4) is 0 Å². The molecule has 102 valence electrons. The molecule has 3 N–H and O–H groups in total. The minimum atomic E-state index is -0.482. The number of halogens is 1. The van der Waals surface area contributed by atoms with Gasteiger partial charge < -0.3 is 10.2 Å². The third-order valence-electron chi connectivity index (χ3n) is 3.13. The Balaban J connectivity index is 1.90. The first kappa shape index (κ1) is 12.6. The van der Waals surface area contributed by atoms with Crippen LogP contribution in [-0.2, 0) is 0 Å². The molecule has 0 spiro atoms. The highest BCUT2D eigenvalue weighted by Crippen LogP contribution is 2.23. The average Bonchev–Trinajstić information content (AvgIpc) is 3.07. The number of nitrogens with two attached hydrogens (primary N) is 1. The van der Waals surface area contributed by atoms with Gasteiger partial charge in [0.05, 0.1) is 17.9 Å². The van der Waals surface area contributed by atoms with Gasteiger partial charge in [0.1, 0.15) is 17.4 Å². The molecule has 3 aromatic rings. The van der Waals surface area contributed by atoms with E-state index in [1.54, 1.807) is 24.5 Å². The lowest BCUT2D eigenvalue weighted by atomic mass is 10.1. The van der Waals surface area contributed by atoms with Gasteiger partial charge in [-0.2, -0.15) is 5.10 Å². The standard InChI is InChI=1S/C14H13FN4O/c1-8-11(6-7-20-8)13-17-14(19-18-13)12(16)9-2-4-10(15)5-3-9/h2-7,12H,16H2,1H3,(H,17,18,19). The maximum atomic E-state index is 12.9. The fourth-order valence-electron chi connectivity index (χ4n) is 1.98. The number of furan rings is 1. The quantitative estimate of drug-likeness (QED) is 0.767. The van der Waals surface area contributed by atoms with Crippen molar-refractivity contribution < 1.29 is 8.81 Å². The summed E-state index contributed by atoms with van der Waals surface area (Å²) >= 11 is 0. The van der Waals surface area contributed by atoms with Crippen LogP contribution in [0.25, 0.3) is 11.4 Å². The minimum Gasteiger partial charge on any atom is -0.469 e. The summed E-state index contributed by atoms with van der Waals surface area (Å²) in [5.74, 6) is 1.50. The second-order valence-corrected chi connectivity index (χ2v) is 4.46. The molecule has 0 aliphatic heterocycles. The SMILES string of the molecule is Cc1occc1-c1n[nH]c(C(N)c2ccc(F)cc2)n1. The van der Waals surface area contributed by atoms with E-state index in [1.807, 2.05) is 6.92 Å². The average molecular weight is 272 g/mol. The normalized spacial score (nSPS) is 12.6. The van der Waals surface area contributed by atoms with Gasteiger partial charge >= 0.3 is 0 Å². The van der Waals surface area contributed by atoms with Crippen LogP contribution < -0.4 is 5.73 Å². The smallest absolute Gasteiger partial charge is 0.184 e. The number of aromatic nitrogens is 3. The summed E-state index contributed by atoms with van der Waals surface area (Å²) in [6.07, 6.45) is 1.58. The number of nitrogens with one attached hydrogen (secondary N) is 1. The number of aromatic amines is 1. The zero-order chi connectivity index (χ0) is 14.1. The predicted molar refractivity (Wildman–Crippen MR) is 71.3 cm³/mol. The molecule has 0 fully saturated rings. The number of hydrogen-bond acceptors (Lipinski definition) is 4. The lowest BCUT2D eigenvalue weighted by molar-refractivity contribution is 0.535. The van der Waals surface area contributed by atoms with E-state index in [-0.39, 0.29) is 5.82 Å². The fourth-order valence-corrected chi connectivity index (χ4v) is 1.98. The van der Waals surface area contributed by atoms with Crippen molar-refractivity contribution in [2.45, 2.75) is 13.0 Å². The van der Waals surface area contributed by atoms with Crippen molar-refractivity contribution in [1.82, 2.24) is 15.2 Å². The van der Waals surface area contributed by atoms with E-state index >= 15 is 0 Å². The monoisotopic (exact) mass is 272 g/mol. The first-order valence-corrected chi connectivity index (χ1v) is 6.13. The molecule has 3 rings (SSSR count). The third kappa shape index (κ3) is 2.21. The topological polar surface area (TPSA) is 80.7 Å². The molecule has 6 heteroatoms. The molecule has 0 saturated heterocycles. The van der Waals surface area contributed by atoms with Crippen LogP contribution in [0.15, 0.2) is 41.0 Å². The molecule has 2 heterocycles. The van der Waals surface area contributed by atoms with Gasteiger partial charge in [0.15, 0.2) is 5.82 Å². The predicted octanol–water partition coefficient (Wildman–Crippen LogP) is 2.56. The Bertz CT molecular complexity index is 717. The summed E-state index contributed by atoms with van der Waals surface area (Å²) in [6.45, 7) is 1.84. The Hall–Kier alpha value is -2.47. The first-order chi connectivity index (χ1) is 9.65. The van der Waals surface area contributed by atoms with Crippen molar-refractivity contribution in [2.75, 3.05) is 0 Å². The van der Waals surface area contributed by atoms with Gasteiger partial charge in [-0.1, -0.05) is 12.1 Å². The molecule has 1 atom stereocenters. The Morgan fingerprint density at radius 3 is 2.65 bits per heavy atom. The summed E-state index contributed by atoms with van der Waals surface area (Å²) in [5.41, 5.74) is 7.67. The number of aryl methyl sites for hydroxylation is 1. The van der Waals surface area contributed by atoms with Crippen molar-refractivity contribution in [3.8, 4) is 11.4 Å². The van der Waals surface area contributed by atoms with Crippen LogP contribution in [0.4, 0.5) is 4.39 Å². The van der Waals surface area contributed by atoms with Gasteiger partial charge in [0.2, 0.25) is 0 Å². The minimum absolute atomic E-state index is 0.298. The molecule has 1 unspecified atom stereocenters. The largest absolute Gasteiger partial charge is 0.469 e. The molecule has 0 bridgehead atoms. The summed E-state index contributed by atoms with van der Waals surface area (Å²) < 4.78 is 18.1. The summed E-state index contributed by atoms with van der Waals surface area (Å²) in [6, 6.07) is 7.31. The van der Waals surface area contributed by atoms with Gasteiger partial charge in [-0.05, 0) is 30.7 Å². The summed E-state index contributed by atoms with van der Waals surface area (Å²) in [5, 5.41) is 6.95. The third-order valence-corrected chi connectivity index (χ3v) is 3.13. The number of hydrogen-bond donors (Lipinski definition) is 2. The van der Waals surface area contributed by atoms with Crippen molar-refractivity contribution in [3.05, 3.63) is 59.6 Å². The highest BCUT2D eigenvalue weighted by molar-refractivity contribution is 5.56. The van der Waals surface area contributed by atoms with Crippen molar-refractivity contribution >= 4 is 0 Å². The molecule has 0 amide bonds. The van der Waals surface area contributed by atoms with Crippen LogP contribution in [0.5, 0.6) is 0 Å². The van der Waals surface area contributed by atoms with Gasteiger partial charge in [-0.15, -0.1) is 0 Å². The molecule has 2 aromatic heterocycles. The van der Waals surface area contributed by atoms with Crippen LogP contribution >= 0.6 is 0 Å². The number of nitrogens with zero attached hydrogens (tertiary/aromatic N) is 2. The lowest BCUT2D eigenvalue weighted by Crippen LogP contribution is -2.13. The van der Waals surface area contributed by atoms with Gasteiger partial charge in [-0.25, -0.2) is 9.37 Å². The van der Waals surface area contributed by atoms with Crippen LogP contribution in [0, 0.1) is 12.7 Å². The van der Waals surface area contributed by atoms with Crippen LogP contribution in [0.2, 0.25) is 0 Å². The molecule has 0 saturated carbocycles. The first-order valence-electron chi connectivity index (χ1n) is 6.13. The molecule has 20 heavy (non-hydrogen) atoms. The van der Waals surface area contributed by atoms with Crippen molar-refractivity contribution in [1.29, 1.82) is 0 Å². The zero-order valence-electron chi connectivity index (χ0n) is 10.8. The molecule has 1 aromatic carbocycles. The second-order valence-electron chi connectivity index (χ2n) is 4.46. The lowest BCUT2D eigenvalue weighted by Gasteiger charge is -2.07. The highest BCUT2D eigenvalue weighted by Gasteiger charge is 2.16. The Morgan fingerprint density at radius 1 is 1.25 bits per heavy atom. The fraction of sp³-hybridized carbons (Fsp3) is 0.143. The zero-order valence-corrected chi connectivity index (χ0v) is 10.8. The Kier molecular flexibility index (Phi) is 3.08. The van der Waals surface area contributed by atoms with E-state index < -0.39 is 6.04 Å².